The zero-order valence-corrected chi connectivity index (χ0v) is 13.7. The Bertz CT molecular complexity index is 593. The van der Waals surface area contributed by atoms with E-state index in [4.69, 9.17) is 15.2 Å². The van der Waals surface area contributed by atoms with Gasteiger partial charge in [-0.3, -0.25) is 9.69 Å². The number of alkyl carbamates (subject to hydrolysis) is 1. The van der Waals surface area contributed by atoms with Crippen molar-refractivity contribution in [1.82, 2.24) is 10.2 Å². The molecule has 1 aromatic carbocycles. The lowest BCUT2D eigenvalue weighted by atomic mass is 9.78. The van der Waals surface area contributed by atoms with Gasteiger partial charge in [0.05, 0.1) is 13.2 Å². The highest BCUT2D eigenvalue weighted by Gasteiger charge is 2.50. The Morgan fingerprint density at radius 3 is 2.50 bits per heavy atom. The summed E-state index contributed by atoms with van der Waals surface area (Å²) in [5.41, 5.74) is 5.44. The van der Waals surface area contributed by atoms with Gasteiger partial charge in [-0.15, -0.1) is 0 Å². The maximum atomic E-state index is 12.2. The van der Waals surface area contributed by atoms with Crippen LogP contribution in [0.25, 0.3) is 0 Å². The fraction of sp³-hybridized carbons (Fsp3) is 0.529. The number of nitrogens with one attached hydrogen (secondary N) is 1. The van der Waals surface area contributed by atoms with Gasteiger partial charge in [-0.05, 0) is 25.5 Å². The molecule has 7 nitrogen and oxygen atoms in total. The van der Waals surface area contributed by atoms with Crippen molar-refractivity contribution in [1.29, 1.82) is 0 Å². The van der Waals surface area contributed by atoms with Crippen LogP contribution in [-0.2, 0) is 20.9 Å². The Morgan fingerprint density at radius 1 is 1.29 bits per heavy atom. The molecule has 24 heavy (non-hydrogen) atoms. The molecule has 2 heterocycles. The standard InChI is InChI=1S/C17H23N3O4/c1-20-13-7-17(15(18)21,8-14(20)11-23-10-13)19-16(22)24-9-12-5-3-2-4-6-12/h2-6,13-14H,7-11H2,1H3,(H2,18,21)(H,19,22). The number of benzene rings is 1. The van der Waals surface area contributed by atoms with Gasteiger partial charge in [0.25, 0.3) is 0 Å². The molecule has 0 aliphatic carbocycles. The van der Waals surface area contributed by atoms with E-state index in [9.17, 15) is 9.59 Å². The van der Waals surface area contributed by atoms with Gasteiger partial charge in [0, 0.05) is 12.1 Å². The van der Waals surface area contributed by atoms with Crippen LogP contribution in [-0.4, -0.2) is 54.8 Å². The lowest BCUT2D eigenvalue weighted by molar-refractivity contribution is -0.135. The molecule has 0 radical (unpaired) electrons. The highest BCUT2D eigenvalue weighted by molar-refractivity contribution is 5.89. The smallest absolute Gasteiger partial charge is 0.408 e. The molecular weight excluding hydrogens is 310 g/mol. The summed E-state index contributed by atoms with van der Waals surface area (Å²) in [6, 6.07) is 9.49. The summed E-state index contributed by atoms with van der Waals surface area (Å²) in [7, 11) is 2.01. The zero-order valence-electron chi connectivity index (χ0n) is 13.7. The molecule has 0 saturated carbocycles. The van der Waals surface area contributed by atoms with Crippen LogP contribution in [0.4, 0.5) is 4.79 Å². The molecular formula is C17H23N3O4. The predicted molar refractivity (Wildman–Crippen MR) is 87.1 cm³/mol. The summed E-state index contributed by atoms with van der Waals surface area (Å²) in [5, 5.41) is 2.73. The fourth-order valence-electron chi connectivity index (χ4n) is 3.49. The van der Waals surface area contributed by atoms with E-state index in [1.165, 1.54) is 0 Å². The molecule has 2 fully saturated rings. The Labute approximate surface area is 141 Å². The highest BCUT2D eigenvalue weighted by Crippen LogP contribution is 2.33. The number of hydrogen-bond donors (Lipinski definition) is 2. The molecule has 2 aliphatic heterocycles. The van der Waals surface area contributed by atoms with Crippen LogP contribution in [0.2, 0.25) is 0 Å². The predicted octanol–water partition coefficient (Wildman–Crippen LogP) is 0.630. The number of amides is 2. The number of ether oxygens (including phenoxy) is 2. The second-order valence-corrected chi connectivity index (χ2v) is 6.55. The van der Waals surface area contributed by atoms with E-state index < -0.39 is 17.5 Å². The van der Waals surface area contributed by atoms with Crippen molar-refractivity contribution < 1.29 is 19.1 Å². The van der Waals surface area contributed by atoms with Gasteiger partial charge in [-0.25, -0.2) is 4.79 Å². The molecule has 2 bridgehead atoms. The van der Waals surface area contributed by atoms with Crippen molar-refractivity contribution in [2.24, 2.45) is 5.73 Å². The van der Waals surface area contributed by atoms with Crippen molar-refractivity contribution in [2.45, 2.75) is 37.1 Å². The molecule has 3 N–H and O–H groups in total. The minimum Gasteiger partial charge on any atom is -0.445 e. The number of nitrogens with zero attached hydrogens (tertiary/aromatic N) is 1. The normalized spacial score (nSPS) is 29.7. The number of carbonyl (C=O) groups is 2. The number of hydrogen-bond acceptors (Lipinski definition) is 5. The first-order valence-electron chi connectivity index (χ1n) is 8.09. The minimum atomic E-state index is -1.08. The third-order valence-electron chi connectivity index (χ3n) is 4.97. The van der Waals surface area contributed by atoms with E-state index in [-0.39, 0.29) is 18.7 Å². The van der Waals surface area contributed by atoms with E-state index in [1.54, 1.807) is 0 Å². The van der Waals surface area contributed by atoms with Gasteiger partial charge in [0.1, 0.15) is 12.1 Å². The van der Waals surface area contributed by atoms with E-state index in [1.807, 2.05) is 37.4 Å². The van der Waals surface area contributed by atoms with Crippen molar-refractivity contribution >= 4 is 12.0 Å². The van der Waals surface area contributed by atoms with Crippen molar-refractivity contribution in [3.05, 3.63) is 35.9 Å². The van der Waals surface area contributed by atoms with Gasteiger partial charge in [0.2, 0.25) is 5.91 Å². The third kappa shape index (κ3) is 3.37. The van der Waals surface area contributed by atoms with Crippen LogP contribution in [0.5, 0.6) is 0 Å². The summed E-state index contributed by atoms with van der Waals surface area (Å²) in [5.74, 6) is -0.524. The SMILES string of the molecule is CN1C2COCC1CC(NC(=O)OCc1ccccc1)(C(N)=O)C2. The molecule has 2 unspecified atom stereocenters. The number of morpholine rings is 1. The van der Waals surface area contributed by atoms with Gasteiger partial charge < -0.3 is 20.5 Å². The quantitative estimate of drug-likeness (QED) is 0.843. The Balaban J connectivity index is 1.66. The fourth-order valence-corrected chi connectivity index (χ4v) is 3.49. The van der Waals surface area contributed by atoms with Crippen molar-refractivity contribution in [2.75, 3.05) is 20.3 Å². The number of piperidine rings is 1. The maximum Gasteiger partial charge on any atom is 0.408 e. The van der Waals surface area contributed by atoms with Crippen LogP contribution in [0.1, 0.15) is 18.4 Å². The van der Waals surface area contributed by atoms with Crippen LogP contribution in [0.3, 0.4) is 0 Å². The highest BCUT2D eigenvalue weighted by atomic mass is 16.5. The number of likely N-dealkylation sites (N-methyl/N-ethyl adjacent to an activating group) is 1. The molecule has 2 amide bonds. The van der Waals surface area contributed by atoms with Gasteiger partial charge in [0.15, 0.2) is 0 Å². The van der Waals surface area contributed by atoms with Crippen LogP contribution < -0.4 is 11.1 Å². The molecule has 7 heteroatoms. The number of nitrogens with two attached hydrogens (primary N) is 1. The number of rotatable bonds is 4. The number of primary amides is 1. The maximum absolute atomic E-state index is 12.2. The summed E-state index contributed by atoms with van der Waals surface area (Å²) in [4.78, 5) is 26.5. The lowest BCUT2D eigenvalue weighted by Crippen LogP contribution is -2.69. The summed E-state index contributed by atoms with van der Waals surface area (Å²) >= 11 is 0. The van der Waals surface area contributed by atoms with Crippen molar-refractivity contribution in [3.8, 4) is 0 Å². The van der Waals surface area contributed by atoms with Gasteiger partial charge in [-0.2, -0.15) is 0 Å². The van der Waals surface area contributed by atoms with Crippen LogP contribution >= 0.6 is 0 Å². The van der Waals surface area contributed by atoms with Gasteiger partial charge >= 0.3 is 6.09 Å². The van der Waals surface area contributed by atoms with Gasteiger partial charge in [-0.1, -0.05) is 30.3 Å². The average molecular weight is 333 g/mol. The monoisotopic (exact) mass is 333 g/mol. The Kier molecular flexibility index (Phi) is 4.73. The molecule has 130 valence electrons. The third-order valence-corrected chi connectivity index (χ3v) is 4.97. The molecule has 2 aliphatic rings. The first kappa shape index (κ1) is 16.7. The van der Waals surface area contributed by atoms with E-state index in [0.717, 1.165) is 5.56 Å². The summed E-state index contributed by atoms with van der Waals surface area (Å²) < 4.78 is 10.8. The van der Waals surface area contributed by atoms with E-state index in [0.29, 0.717) is 26.1 Å². The van der Waals surface area contributed by atoms with E-state index in [2.05, 4.69) is 10.2 Å². The summed E-state index contributed by atoms with van der Waals surface area (Å²) in [6.45, 7) is 1.21. The topological polar surface area (TPSA) is 93.9 Å². The average Bonchev–Trinajstić information content (AvgIpc) is 2.55. The van der Waals surface area contributed by atoms with Crippen LogP contribution in [0, 0.1) is 0 Å². The molecule has 2 saturated heterocycles. The lowest BCUT2D eigenvalue weighted by Gasteiger charge is -2.50. The first-order valence-corrected chi connectivity index (χ1v) is 8.09. The molecule has 0 aromatic heterocycles. The summed E-state index contributed by atoms with van der Waals surface area (Å²) in [6.07, 6.45) is 0.229. The molecule has 2 atom stereocenters. The molecule has 3 rings (SSSR count). The zero-order chi connectivity index (χ0) is 17.2. The van der Waals surface area contributed by atoms with Crippen LogP contribution in [0.15, 0.2) is 30.3 Å². The van der Waals surface area contributed by atoms with E-state index >= 15 is 0 Å². The number of fused-ring (bicyclic) bond motifs is 2. The Hall–Kier alpha value is -2.12. The minimum absolute atomic E-state index is 0.0550. The largest absolute Gasteiger partial charge is 0.445 e. The van der Waals surface area contributed by atoms with Crippen molar-refractivity contribution in [3.63, 3.8) is 0 Å². The molecule has 0 spiro atoms. The number of carbonyl (C=O) groups excluding carboxylic acids is 2. The second kappa shape index (κ2) is 6.78. The second-order valence-electron chi connectivity index (χ2n) is 6.55. The Morgan fingerprint density at radius 2 is 1.92 bits per heavy atom. The molecule has 1 aromatic rings. The first-order chi connectivity index (χ1) is 11.5.